The van der Waals surface area contributed by atoms with Crippen LogP contribution in [0.15, 0.2) is 12.1 Å². The number of aromatic nitrogens is 1. The molecule has 5 heteroatoms. The summed E-state index contributed by atoms with van der Waals surface area (Å²) >= 11 is 3.54. The number of thiazole rings is 1. The Balaban J connectivity index is 1.92. The van der Waals surface area contributed by atoms with Crippen molar-refractivity contribution in [2.45, 2.75) is 45.4 Å². The van der Waals surface area contributed by atoms with Crippen LogP contribution < -0.4 is 0 Å². The smallest absolute Gasteiger partial charge is 0.315 e. The lowest BCUT2D eigenvalue weighted by molar-refractivity contribution is -0.145. The molecule has 2 heterocycles. The summed E-state index contributed by atoms with van der Waals surface area (Å²) in [5.41, 5.74) is 0.964. The highest BCUT2D eigenvalue weighted by molar-refractivity contribution is 7.21. The molecule has 0 saturated heterocycles. The highest BCUT2D eigenvalue weighted by Crippen LogP contribution is 2.40. The maximum atomic E-state index is 12.1. The van der Waals surface area contributed by atoms with E-state index < -0.39 is 0 Å². The molecule has 0 spiro atoms. The van der Waals surface area contributed by atoms with Gasteiger partial charge in [0, 0.05) is 9.75 Å². The van der Waals surface area contributed by atoms with Crippen LogP contribution >= 0.6 is 22.7 Å². The summed E-state index contributed by atoms with van der Waals surface area (Å²) < 4.78 is 5.20. The van der Waals surface area contributed by atoms with E-state index in [-0.39, 0.29) is 11.9 Å². The summed E-state index contributed by atoms with van der Waals surface area (Å²) in [6.45, 7) is 4.46. The number of carbonyl (C=O) groups is 1. The van der Waals surface area contributed by atoms with Gasteiger partial charge in [-0.2, -0.15) is 0 Å². The summed E-state index contributed by atoms with van der Waals surface area (Å²) in [5.74, 6) is -0.278. The Morgan fingerprint density at radius 3 is 2.95 bits per heavy atom. The number of hydrogen-bond acceptors (Lipinski definition) is 5. The van der Waals surface area contributed by atoms with Gasteiger partial charge in [-0.05, 0) is 44.7 Å². The molecule has 2 aromatic heterocycles. The zero-order valence-electron chi connectivity index (χ0n) is 12.3. The van der Waals surface area contributed by atoms with Crippen molar-refractivity contribution in [2.24, 2.45) is 0 Å². The zero-order chi connectivity index (χ0) is 14.8. The summed E-state index contributed by atoms with van der Waals surface area (Å²) in [5, 5.41) is 1.06. The quantitative estimate of drug-likeness (QED) is 0.783. The monoisotopic (exact) mass is 321 g/mol. The van der Waals surface area contributed by atoms with Crippen LogP contribution in [0.25, 0.3) is 9.88 Å². The van der Waals surface area contributed by atoms with Gasteiger partial charge >= 0.3 is 5.97 Å². The first-order chi connectivity index (χ1) is 10.2. The van der Waals surface area contributed by atoms with Crippen LogP contribution in [-0.4, -0.2) is 17.6 Å². The molecule has 1 aliphatic carbocycles. The van der Waals surface area contributed by atoms with Crippen molar-refractivity contribution < 1.29 is 9.53 Å². The molecule has 2 aromatic rings. The largest absolute Gasteiger partial charge is 0.465 e. The van der Waals surface area contributed by atoms with Gasteiger partial charge < -0.3 is 4.74 Å². The Hall–Kier alpha value is -1.20. The average Bonchev–Trinajstić information content (AvgIpc) is 3.13. The Morgan fingerprint density at radius 2 is 2.24 bits per heavy atom. The minimum absolute atomic E-state index is 0.115. The van der Waals surface area contributed by atoms with Gasteiger partial charge in [-0.25, -0.2) is 4.98 Å². The van der Waals surface area contributed by atoms with Crippen molar-refractivity contribution in [1.29, 1.82) is 0 Å². The third-order valence-corrected chi connectivity index (χ3v) is 6.28. The third-order valence-electron chi connectivity index (χ3n) is 3.75. The number of thiophene rings is 1. The standard InChI is InChI=1S/C16H19NO2S2/c1-3-10-8-9-13(20-10)15-17-14-11(16(18)19-4-2)6-5-7-12(14)21-15/h8-9,11H,3-7H2,1-2H3. The molecule has 0 aliphatic heterocycles. The van der Waals surface area contributed by atoms with Crippen LogP contribution in [-0.2, 0) is 22.4 Å². The molecule has 0 aromatic carbocycles. The van der Waals surface area contributed by atoms with Crippen LogP contribution in [0, 0.1) is 0 Å². The number of fused-ring (bicyclic) bond motifs is 1. The second kappa shape index (κ2) is 6.28. The SMILES string of the molecule is CCOC(=O)C1CCCc2sc(-c3ccc(CC)s3)nc21. The fraction of sp³-hybridized carbons (Fsp3) is 0.500. The van der Waals surface area contributed by atoms with Crippen LogP contribution in [0.1, 0.15) is 48.1 Å². The average molecular weight is 321 g/mol. The Bertz CT molecular complexity index is 644. The van der Waals surface area contributed by atoms with Crippen LogP contribution in [0.4, 0.5) is 0 Å². The van der Waals surface area contributed by atoms with Gasteiger partial charge in [0.05, 0.1) is 17.2 Å². The van der Waals surface area contributed by atoms with E-state index in [1.165, 1.54) is 14.6 Å². The summed E-state index contributed by atoms with van der Waals surface area (Å²) in [6, 6.07) is 4.32. The number of hydrogen-bond donors (Lipinski definition) is 0. The molecular weight excluding hydrogens is 302 g/mol. The highest BCUT2D eigenvalue weighted by atomic mass is 32.1. The lowest BCUT2D eigenvalue weighted by Gasteiger charge is -2.19. The topological polar surface area (TPSA) is 39.2 Å². The van der Waals surface area contributed by atoms with E-state index in [4.69, 9.17) is 9.72 Å². The zero-order valence-corrected chi connectivity index (χ0v) is 14.0. The van der Waals surface area contributed by atoms with Crippen molar-refractivity contribution in [3.63, 3.8) is 0 Å². The second-order valence-corrected chi connectivity index (χ2v) is 7.40. The summed E-state index contributed by atoms with van der Waals surface area (Å²) in [6.07, 6.45) is 4.00. The van der Waals surface area contributed by atoms with E-state index in [9.17, 15) is 4.79 Å². The molecular formula is C16H19NO2S2. The van der Waals surface area contributed by atoms with E-state index in [0.29, 0.717) is 6.61 Å². The molecule has 0 bridgehead atoms. The maximum Gasteiger partial charge on any atom is 0.315 e. The molecule has 112 valence electrons. The van der Waals surface area contributed by atoms with E-state index in [0.717, 1.165) is 36.4 Å². The molecule has 3 nitrogen and oxygen atoms in total. The van der Waals surface area contributed by atoms with E-state index in [1.54, 1.807) is 22.7 Å². The number of aryl methyl sites for hydroxylation is 2. The van der Waals surface area contributed by atoms with Crippen LogP contribution in [0.3, 0.4) is 0 Å². The fourth-order valence-corrected chi connectivity index (χ4v) is 4.85. The molecule has 1 aliphatic rings. The van der Waals surface area contributed by atoms with Crippen molar-refractivity contribution in [3.05, 3.63) is 27.6 Å². The van der Waals surface area contributed by atoms with E-state index in [1.807, 2.05) is 6.92 Å². The molecule has 0 fully saturated rings. The van der Waals surface area contributed by atoms with Crippen molar-refractivity contribution in [3.8, 4) is 9.88 Å². The van der Waals surface area contributed by atoms with Gasteiger partial charge in [-0.1, -0.05) is 6.92 Å². The van der Waals surface area contributed by atoms with Crippen LogP contribution in [0.5, 0.6) is 0 Å². The van der Waals surface area contributed by atoms with Crippen LogP contribution in [0.2, 0.25) is 0 Å². The lowest BCUT2D eigenvalue weighted by atomic mass is 9.91. The van der Waals surface area contributed by atoms with Gasteiger partial charge in [0.25, 0.3) is 0 Å². The molecule has 0 saturated carbocycles. The predicted molar refractivity (Wildman–Crippen MR) is 87.1 cm³/mol. The predicted octanol–water partition coefficient (Wildman–Crippen LogP) is 4.42. The first kappa shape index (κ1) is 14.7. The molecule has 3 rings (SSSR count). The highest BCUT2D eigenvalue weighted by Gasteiger charge is 2.31. The first-order valence-electron chi connectivity index (χ1n) is 7.48. The molecule has 1 unspecified atom stereocenters. The van der Waals surface area contributed by atoms with Crippen molar-refractivity contribution >= 4 is 28.6 Å². The molecule has 0 radical (unpaired) electrons. The number of esters is 1. The molecule has 0 amide bonds. The fourth-order valence-electron chi connectivity index (χ4n) is 2.68. The normalized spacial score (nSPS) is 17.5. The molecule has 1 atom stereocenters. The Kier molecular flexibility index (Phi) is 4.40. The van der Waals surface area contributed by atoms with Gasteiger partial charge in [0.1, 0.15) is 10.9 Å². The maximum absolute atomic E-state index is 12.1. The number of ether oxygens (including phenoxy) is 1. The molecule has 0 N–H and O–H groups in total. The van der Waals surface area contributed by atoms with E-state index in [2.05, 4.69) is 19.1 Å². The summed E-state index contributed by atoms with van der Waals surface area (Å²) in [4.78, 5) is 20.7. The van der Waals surface area contributed by atoms with Crippen molar-refractivity contribution in [1.82, 2.24) is 4.98 Å². The Morgan fingerprint density at radius 1 is 1.38 bits per heavy atom. The number of nitrogens with zero attached hydrogens (tertiary/aromatic N) is 1. The second-order valence-electron chi connectivity index (χ2n) is 5.14. The first-order valence-corrected chi connectivity index (χ1v) is 9.11. The van der Waals surface area contributed by atoms with Gasteiger partial charge in [-0.15, -0.1) is 22.7 Å². The van der Waals surface area contributed by atoms with Gasteiger partial charge in [0.15, 0.2) is 0 Å². The molecule has 21 heavy (non-hydrogen) atoms. The number of rotatable bonds is 4. The Labute approximate surface area is 133 Å². The van der Waals surface area contributed by atoms with E-state index >= 15 is 0 Å². The lowest BCUT2D eigenvalue weighted by Crippen LogP contribution is -2.20. The number of carbonyl (C=O) groups excluding carboxylic acids is 1. The van der Waals surface area contributed by atoms with Gasteiger partial charge in [-0.3, -0.25) is 4.79 Å². The minimum atomic E-state index is -0.163. The summed E-state index contributed by atoms with van der Waals surface area (Å²) in [7, 11) is 0. The third kappa shape index (κ3) is 2.90. The van der Waals surface area contributed by atoms with Gasteiger partial charge in [0.2, 0.25) is 0 Å². The minimum Gasteiger partial charge on any atom is -0.465 e. The van der Waals surface area contributed by atoms with Crippen molar-refractivity contribution in [2.75, 3.05) is 6.61 Å².